The third-order valence-electron chi connectivity index (χ3n) is 2.39. The van der Waals surface area contributed by atoms with E-state index < -0.39 is 12.2 Å². The summed E-state index contributed by atoms with van der Waals surface area (Å²) in [5, 5.41) is 0.825. The molecule has 0 atom stereocenters. The Morgan fingerprint density at radius 1 is 1.32 bits per heavy atom. The van der Waals surface area contributed by atoms with Crippen LogP contribution >= 0.6 is 0 Å². The van der Waals surface area contributed by atoms with Crippen LogP contribution in [0.4, 0.5) is 9.59 Å². The third-order valence-corrected chi connectivity index (χ3v) is 2.39. The van der Waals surface area contributed by atoms with Crippen LogP contribution < -0.4 is 5.43 Å². The first-order valence-electron chi connectivity index (χ1n) is 6.60. The summed E-state index contributed by atoms with van der Waals surface area (Å²) >= 11 is 0. The highest BCUT2D eigenvalue weighted by atomic mass is 16.6. The van der Waals surface area contributed by atoms with Gasteiger partial charge in [0.05, 0.1) is 27.0 Å². The van der Waals surface area contributed by atoms with Gasteiger partial charge in [-0.25, -0.2) is 15.0 Å². The van der Waals surface area contributed by atoms with Gasteiger partial charge in [-0.1, -0.05) is 13.0 Å². The molecule has 0 radical (unpaired) electrons. The summed E-state index contributed by atoms with van der Waals surface area (Å²) in [5.41, 5.74) is 2.72. The van der Waals surface area contributed by atoms with Crippen LogP contribution in [0.15, 0.2) is 30.6 Å². The minimum absolute atomic E-state index is 0.309. The number of nitrogens with zero attached hydrogens (tertiary/aromatic N) is 2. The predicted molar refractivity (Wildman–Crippen MR) is 78.2 cm³/mol. The fourth-order valence-corrected chi connectivity index (χ4v) is 1.39. The van der Waals surface area contributed by atoms with Gasteiger partial charge in [0.25, 0.3) is 0 Å². The van der Waals surface area contributed by atoms with Crippen LogP contribution in [0.3, 0.4) is 0 Å². The number of ether oxygens (including phenoxy) is 3. The molecule has 1 rings (SSSR count). The van der Waals surface area contributed by atoms with Gasteiger partial charge >= 0.3 is 12.2 Å². The van der Waals surface area contributed by atoms with Gasteiger partial charge in [0.2, 0.25) is 0 Å². The number of hydrazine groups is 1. The Kier molecular flexibility index (Phi) is 7.24. The molecule has 0 fully saturated rings. The lowest BCUT2D eigenvalue weighted by Gasteiger charge is -2.19. The van der Waals surface area contributed by atoms with Crippen molar-refractivity contribution in [3.05, 3.63) is 36.3 Å². The van der Waals surface area contributed by atoms with Gasteiger partial charge < -0.3 is 14.2 Å². The van der Waals surface area contributed by atoms with Gasteiger partial charge in [0, 0.05) is 6.20 Å². The number of nitrogens with one attached hydrogen (secondary N) is 1. The van der Waals surface area contributed by atoms with Crippen LogP contribution in [0.2, 0.25) is 0 Å². The van der Waals surface area contributed by atoms with Crippen LogP contribution in [-0.4, -0.2) is 43.0 Å². The van der Waals surface area contributed by atoms with E-state index in [1.165, 1.54) is 20.4 Å². The van der Waals surface area contributed by atoms with Gasteiger partial charge in [0.1, 0.15) is 5.69 Å². The first kappa shape index (κ1) is 17.3. The molecule has 1 aromatic heterocycles. The van der Waals surface area contributed by atoms with Gasteiger partial charge in [-0.05, 0) is 18.6 Å². The largest absolute Gasteiger partial charge is 0.490 e. The number of carbonyl (C=O) groups excluding carboxylic acids is 2. The molecule has 0 aliphatic carbocycles. The highest BCUT2D eigenvalue weighted by Gasteiger charge is 2.17. The molecular formula is C14H19N3O5. The Balaban J connectivity index is 3.07. The maximum atomic E-state index is 11.7. The zero-order valence-corrected chi connectivity index (χ0v) is 12.7. The average molecular weight is 309 g/mol. The summed E-state index contributed by atoms with van der Waals surface area (Å²) in [7, 11) is 2.37. The monoisotopic (exact) mass is 309 g/mol. The third kappa shape index (κ3) is 5.31. The van der Waals surface area contributed by atoms with Crippen LogP contribution in [0.25, 0.3) is 5.76 Å². The topological polar surface area (TPSA) is 90.0 Å². The van der Waals surface area contributed by atoms with Crippen molar-refractivity contribution in [2.24, 2.45) is 0 Å². The van der Waals surface area contributed by atoms with Gasteiger partial charge in [-0.15, -0.1) is 0 Å². The van der Waals surface area contributed by atoms with Crippen molar-refractivity contribution < 1.29 is 23.8 Å². The van der Waals surface area contributed by atoms with Crippen molar-refractivity contribution in [1.29, 1.82) is 0 Å². The van der Waals surface area contributed by atoms with E-state index >= 15 is 0 Å². The molecule has 0 saturated heterocycles. The first-order chi connectivity index (χ1) is 10.6. The molecule has 0 aromatic carbocycles. The van der Waals surface area contributed by atoms with Crippen LogP contribution in [0, 0.1) is 0 Å². The van der Waals surface area contributed by atoms with Crippen LogP contribution in [-0.2, 0) is 14.2 Å². The van der Waals surface area contributed by atoms with Crippen molar-refractivity contribution in [1.82, 2.24) is 15.4 Å². The van der Waals surface area contributed by atoms with E-state index in [2.05, 4.69) is 19.9 Å². The number of hydrogen-bond donors (Lipinski definition) is 1. The molecule has 8 heteroatoms. The average Bonchev–Trinajstić information content (AvgIpc) is 2.57. The molecule has 1 N–H and O–H groups in total. The summed E-state index contributed by atoms with van der Waals surface area (Å²) < 4.78 is 14.6. The van der Waals surface area contributed by atoms with E-state index in [-0.39, 0.29) is 0 Å². The molecular weight excluding hydrogens is 290 g/mol. The zero-order valence-electron chi connectivity index (χ0n) is 12.7. The number of methoxy groups -OCH3 is 2. The van der Waals surface area contributed by atoms with Crippen LogP contribution in [0.1, 0.15) is 19.0 Å². The second kappa shape index (κ2) is 9.22. The normalized spacial score (nSPS) is 10.6. The van der Waals surface area contributed by atoms with E-state index in [4.69, 9.17) is 4.74 Å². The second-order valence-electron chi connectivity index (χ2n) is 4.00. The summed E-state index contributed by atoms with van der Waals surface area (Å²) in [4.78, 5) is 27.2. The number of pyridine rings is 1. The van der Waals surface area contributed by atoms with E-state index in [0.717, 1.165) is 11.4 Å². The lowest BCUT2D eigenvalue weighted by atomic mass is 10.3. The summed E-state index contributed by atoms with van der Waals surface area (Å²) in [6, 6.07) is 5.25. The van der Waals surface area contributed by atoms with Crippen molar-refractivity contribution in [2.75, 3.05) is 20.8 Å². The quantitative estimate of drug-likeness (QED) is 0.662. The van der Waals surface area contributed by atoms with E-state index in [1.54, 1.807) is 24.4 Å². The summed E-state index contributed by atoms with van der Waals surface area (Å²) in [5.74, 6) is 0.309. The second-order valence-corrected chi connectivity index (χ2v) is 4.00. The molecule has 22 heavy (non-hydrogen) atoms. The van der Waals surface area contributed by atoms with Crippen molar-refractivity contribution >= 4 is 17.9 Å². The highest BCUT2D eigenvalue weighted by molar-refractivity contribution is 5.76. The lowest BCUT2D eigenvalue weighted by Crippen LogP contribution is -2.42. The maximum Gasteiger partial charge on any atom is 0.432 e. The van der Waals surface area contributed by atoms with Gasteiger partial charge in [-0.3, -0.25) is 4.98 Å². The maximum absolute atomic E-state index is 11.7. The van der Waals surface area contributed by atoms with E-state index in [9.17, 15) is 9.59 Å². The zero-order chi connectivity index (χ0) is 16.4. The number of amides is 2. The molecule has 0 bridgehead atoms. The first-order valence-corrected chi connectivity index (χ1v) is 6.60. The molecule has 1 aromatic rings. The van der Waals surface area contributed by atoms with Crippen LogP contribution in [0.5, 0.6) is 0 Å². The van der Waals surface area contributed by atoms with Crippen molar-refractivity contribution in [2.45, 2.75) is 13.3 Å². The van der Waals surface area contributed by atoms with E-state index in [1.807, 2.05) is 6.92 Å². The molecule has 0 saturated carbocycles. The molecule has 8 nitrogen and oxygen atoms in total. The number of rotatable bonds is 5. The van der Waals surface area contributed by atoms with Crippen molar-refractivity contribution in [3.8, 4) is 0 Å². The fraction of sp³-hybridized carbons (Fsp3) is 0.357. The molecule has 2 amide bonds. The molecule has 0 aliphatic heterocycles. The smallest absolute Gasteiger partial charge is 0.432 e. The molecule has 0 unspecified atom stereocenters. The Bertz CT molecular complexity index is 518. The van der Waals surface area contributed by atoms with E-state index in [0.29, 0.717) is 18.1 Å². The Hall–Kier alpha value is -2.77. The standard InChI is InChI=1S/C14H19N3O5/c1-4-9-22-12(11-7-5-6-8-15-11)10-17(14(19)21-3)16-13(18)20-2/h5-8,10H,4,9H2,1-3H3,(H,16,18)/b12-10-. The number of aromatic nitrogens is 1. The lowest BCUT2D eigenvalue weighted by molar-refractivity contribution is 0.108. The summed E-state index contributed by atoms with van der Waals surface area (Å²) in [6.07, 6.45) is 2.01. The minimum Gasteiger partial charge on any atom is -0.490 e. The molecule has 0 spiro atoms. The Morgan fingerprint density at radius 2 is 2.09 bits per heavy atom. The molecule has 120 valence electrons. The number of hydrogen-bond acceptors (Lipinski definition) is 6. The number of carbonyl (C=O) groups is 2. The Labute approximate surface area is 128 Å². The van der Waals surface area contributed by atoms with Crippen molar-refractivity contribution in [3.63, 3.8) is 0 Å². The van der Waals surface area contributed by atoms with Gasteiger partial charge in [0.15, 0.2) is 5.76 Å². The summed E-state index contributed by atoms with van der Waals surface area (Å²) in [6.45, 7) is 2.37. The predicted octanol–water partition coefficient (Wildman–Crippen LogP) is 2.15. The Morgan fingerprint density at radius 3 is 2.64 bits per heavy atom. The minimum atomic E-state index is -0.822. The SMILES string of the molecule is CCCO/C(=C\N(NC(=O)OC)C(=O)OC)c1ccccn1. The fourth-order valence-electron chi connectivity index (χ4n) is 1.39. The highest BCUT2D eigenvalue weighted by Crippen LogP contribution is 2.14. The molecule has 0 aliphatic rings. The van der Waals surface area contributed by atoms with Gasteiger partial charge in [-0.2, -0.15) is 5.01 Å². The molecule has 1 heterocycles.